The van der Waals surface area contributed by atoms with Crippen LogP contribution in [0.3, 0.4) is 0 Å². The van der Waals surface area contributed by atoms with E-state index in [1.165, 1.54) is 0 Å². The quantitative estimate of drug-likeness (QED) is 0.662. The Labute approximate surface area is 112 Å². The lowest BCUT2D eigenvalue weighted by Gasteiger charge is -2.20. The molecule has 0 heterocycles. The van der Waals surface area contributed by atoms with E-state index in [0.29, 0.717) is 5.56 Å². The predicted molar refractivity (Wildman–Crippen MR) is 76.2 cm³/mol. The Morgan fingerprint density at radius 3 is 2.26 bits per heavy atom. The number of nitrogens with one attached hydrogen (secondary N) is 1. The smallest absolute Gasteiger partial charge is 0.292 e. The highest BCUT2D eigenvalue weighted by molar-refractivity contribution is 6.45. The second-order valence-electron chi connectivity index (χ2n) is 5.56. The van der Waals surface area contributed by atoms with Crippen molar-refractivity contribution >= 4 is 22.5 Å². The standard InChI is InChI=1S/C16H17NO2/c1-16(2,3)17-15(19)14(18)13-10-6-8-11-7-4-5-9-12(11)13/h4-10H,1-3H3,(H,17,19). The minimum atomic E-state index is -0.566. The molecule has 3 heteroatoms. The number of Topliss-reactive ketones (excluding diaryl/α,β-unsaturated/α-hetero) is 1. The Hall–Kier alpha value is -2.16. The number of amides is 1. The summed E-state index contributed by atoms with van der Waals surface area (Å²) in [5.41, 5.74) is 0.0250. The lowest BCUT2D eigenvalue weighted by molar-refractivity contribution is -0.118. The first-order chi connectivity index (χ1) is 8.88. The Bertz CT molecular complexity index is 633. The SMILES string of the molecule is CC(C)(C)NC(=O)C(=O)c1cccc2ccccc12. The van der Waals surface area contributed by atoms with Gasteiger partial charge in [-0.15, -0.1) is 0 Å². The van der Waals surface area contributed by atoms with Crippen molar-refractivity contribution in [2.24, 2.45) is 0 Å². The molecular formula is C16H17NO2. The number of fused-ring (bicyclic) bond motifs is 1. The number of rotatable bonds is 2. The molecule has 2 aromatic rings. The Balaban J connectivity index is 2.40. The Kier molecular flexibility index (Phi) is 3.38. The number of hydrogen-bond acceptors (Lipinski definition) is 2. The van der Waals surface area contributed by atoms with E-state index in [9.17, 15) is 9.59 Å². The van der Waals surface area contributed by atoms with Crippen molar-refractivity contribution in [1.82, 2.24) is 5.32 Å². The van der Waals surface area contributed by atoms with Crippen molar-refractivity contribution < 1.29 is 9.59 Å². The molecule has 0 aliphatic heterocycles. The first-order valence-electron chi connectivity index (χ1n) is 6.23. The van der Waals surface area contributed by atoms with E-state index >= 15 is 0 Å². The monoisotopic (exact) mass is 255 g/mol. The fraction of sp³-hybridized carbons (Fsp3) is 0.250. The lowest BCUT2D eigenvalue weighted by Crippen LogP contribution is -2.44. The molecule has 2 aromatic carbocycles. The van der Waals surface area contributed by atoms with Crippen molar-refractivity contribution in [3.8, 4) is 0 Å². The van der Waals surface area contributed by atoms with Crippen LogP contribution in [0.4, 0.5) is 0 Å². The summed E-state index contributed by atoms with van der Waals surface area (Å²) >= 11 is 0. The van der Waals surface area contributed by atoms with Gasteiger partial charge in [0, 0.05) is 11.1 Å². The van der Waals surface area contributed by atoms with E-state index < -0.39 is 17.2 Å². The molecule has 3 nitrogen and oxygen atoms in total. The van der Waals surface area contributed by atoms with Crippen LogP contribution in [0, 0.1) is 0 Å². The van der Waals surface area contributed by atoms with Crippen LogP contribution < -0.4 is 5.32 Å². The molecule has 98 valence electrons. The molecule has 0 radical (unpaired) electrons. The third-order valence-corrected chi connectivity index (χ3v) is 2.73. The average Bonchev–Trinajstić information content (AvgIpc) is 2.35. The fourth-order valence-electron chi connectivity index (χ4n) is 1.94. The molecule has 0 bridgehead atoms. The molecule has 0 spiro atoms. The van der Waals surface area contributed by atoms with Gasteiger partial charge in [0.05, 0.1) is 0 Å². The van der Waals surface area contributed by atoms with Gasteiger partial charge in [0.1, 0.15) is 0 Å². The van der Waals surface area contributed by atoms with Gasteiger partial charge >= 0.3 is 0 Å². The van der Waals surface area contributed by atoms with Crippen LogP contribution in [0.15, 0.2) is 42.5 Å². The highest BCUT2D eigenvalue weighted by Crippen LogP contribution is 2.19. The second kappa shape index (κ2) is 4.84. The summed E-state index contributed by atoms with van der Waals surface area (Å²) in [5, 5.41) is 4.45. The molecule has 1 amide bonds. The van der Waals surface area contributed by atoms with Crippen LogP contribution in [0.2, 0.25) is 0 Å². The van der Waals surface area contributed by atoms with E-state index in [2.05, 4.69) is 5.32 Å². The summed E-state index contributed by atoms with van der Waals surface area (Å²) < 4.78 is 0. The van der Waals surface area contributed by atoms with Crippen LogP contribution in [-0.4, -0.2) is 17.2 Å². The van der Waals surface area contributed by atoms with Crippen LogP contribution in [0.5, 0.6) is 0 Å². The highest BCUT2D eigenvalue weighted by atomic mass is 16.2. The van der Waals surface area contributed by atoms with Gasteiger partial charge in [-0.05, 0) is 31.5 Å². The molecule has 19 heavy (non-hydrogen) atoms. The first-order valence-corrected chi connectivity index (χ1v) is 6.23. The zero-order valence-electron chi connectivity index (χ0n) is 11.4. The van der Waals surface area contributed by atoms with Crippen molar-refractivity contribution in [3.63, 3.8) is 0 Å². The summed E-state index contributed by atoms with van der Waals surface area (Å²) in [5.74, 6) is -1.06. The average molecular weight is 255 g/mol. The molecule has 0 saturated carbocycles. The summed E-state index contributed by atoms with van der Waals surface area (Å²) in [6.45, 7) is 5.55. The van der Waals surface area contributed by atoms with Crippen molar-refractivity contribution in [2.75, 3.05) is 0 Å². The number of benzene rings is 2. The van der Waals surface area contributed by atoms with E-state index in [-0.39, 0.29) is 0 Å². The molecule has 0 aromatic heterocycles. The van der Waals surface area contributed by atoms with E-state index in [1.807, 2.05) is 51.1 Å². The van der Waals surface area contributed by atoms with E-state index in [0.717, 1.165) is 10.8 Å². The third kappa shape index (κ3) is 2.99. The predicted octanol–water partition coefficient (Wildman–Crippen LogP) is 2.94. The number of carbonyl (C=O) groups is 2. The zero-order chi connectivity index (χ0) is 14.0. The van der Waals surface area contributed by atoms with Gasteiger partial charge in [0.25, 0.3) is 11.7 Å². The Morgan fingerprint density at radius 1 is 0.947 bits per heavy atom. The Morgan fingerprint density at radius 2 is 1.58 bits per heavy atom. The minimum Gasteiger partial charge on any atom is -0.345 e. The second-order valence-corrected chi connectivity index (χ2v) is 5.56. The van der Waals surface area contributed by atoms with Crippen LogP contribution >= 0.6 is 0 Å². The van der Waals surface area contributed by atoms with Gasteiger partial charge in [-0.1, -0.05) is 42.5 Å². The van der Waals surface area contributed by atoms with Crippen LogP contribution in [-0.2, 0) is 4.79 Å². The number of ketones is 1. The maximum atomic E-state index is 12.2. The molecule has 0 fully saturated rings. The van der Waals surface area contributed by atoms with Gasteiger partial charge in [0.15, 0.2) is 0 Å². The molecular weight excluding hydrogens is 238 g/mol. The minimum absolute atomic E-state index is 0.419. The summed E-state index contributed by atoms with van der Waals surface area (Å²) in [6, 6.07) is 13.0. The van der Waals surface area contributed by atoms with E-state index in [1.54, 1.807) is 12.1 Å². The fourth-order valence-corrected chi connectivity index (χ4v) is 1.94. The number of hydrogen-bond donors (Lipinski definition) is 1. The molecule has 0 unspecified atom stereocenters. The van der Waals surface area contributed by atoms with Gasteiger partial charge < -0.3 is 5.32 Å². The molecule has 0 aliphatic rings. The summed E-state index contributed by atoms with van der Waals surface area (Å²) in [4.78, 5) is 24.2. The van der Waals surface area contributed by atoms with Gasteiger partial charge in [-0.25, -0.2) is 0 Å². The normalized spacial score (nSPS) is 11.3. The van der Waals surface area contributed by atoms with Gasteiger partial charge in [-0.2, -0.15) is 0 Å². The maximum Gasteiger partial charge on any atom is 0.292 e. The molecule has 2 rings (SSSR count). The van der Waals surface area contributed by atoms with Crippen molar-refractivity contribution in [1.29, 1.82) is 0 Å². The van der Waals surface area contributed by atoms with Gasteiger partial charge in [-0.3, -0.25) is 9.59 Å². The first kappa shape index (κ1) is 13.3. The summed E-state index contributed by atoms with van der Waals surface area (Å²) in [6.07, 6.45) is 0. The molecule has 0 saturated heterocycles. The van der Waals surface area contributed by atoms with Crippen molar-refractivity contribution in [3.05, 3.63) is 48.0 Å². The molecule has 0 aliphatic carbocycles. The maximum absolute atomic E-state index is 12.2. The topological polar surface area (TPSA) is 46.2 Å². The van der Waals surface area contributed by atoms with Gasteiger partial charge in [0.2, 0.25) is 0 Å². The lowest BCUT2D eigenvalue weighted by atomic mass is 10.0. The summed E-state index contributed by atoms with van der Waals surface area (Å²) in [7, 11) is 0. The largest absolute Gasteiger partial charge is 0.345 e. The molecule has 1 N–H and O–H groups in total. The zero-order valence-corrected chi connectivity index (χ0v) is 11.4. The third-order valence-electron chi connectivity index (χ3n) is 2.73. The van der Waals surface area contributed by atoms with Crippen molar-refractivity contribution in [2.45, 2.75) is 26.3 Å². The highest BCUT2D eigenvalue weighted by Gasteiger charge is 2.22. The van der Waals surface area contributed by atoms with Crippen LogP contribution in [0.25, 0.3) is 10.8 Å². The van der Waals surface area contributed by atoms with Crippen LogP contribution in [0.1, 0.15) is 31.1 Å². The number of carbonyl (C=O) groups excluding carboxylic acids is 2. The molecule has 0 atom stereocenters. The van der Waals surface area contributed by atoms with E-state index in [4.69, 9.17) is 0 Å².